The fourth-order valence-corrected chi connectivity index (χ4v) is 2.38. The molecule has 1 aliphatic carbocycles. The predicted octanol–water partition coefficient (Wildman–Crippen LogP) is -0.0779. The van der Waals surface area contributed by atoms with Crippen molar-refractivity contribution >= 4 is 11.9 Å². The van der Waals surface area contributed by atoms with E-state index in [1.54, 1.807) is 0 Å². The molecule has 21 heavy (non-hydrogen) atoms. The molecule has 0 aromatic heterocycles. The van der Waals surface area contributed by atoms with Crippen molar-refractivity contribution in [3.63, 3.8) is 0 Å². The molecule has 0 unspecified atom stereocenters. The molecule has 0 aromatic carbocycles. The minimum Gasteiger partial charge on any atom is -0.481 e. The lowest BCUT2D eigenvalue weighted by atomic mass is 9.98. The molecule has 0 bridgehead atoms. The number of aliphatic carboxylic acids is 2. The maximum Gasteiger partial charge on any atom is 0.300 e. The van der Waals surface area contributed by atoms with Gasteiger partial charge in [0.1, 0.15) is 0 Å². The minimum absolute atomic E-state index is 0.111. The molecule has 4 N–H and O–H groups in total. The fraction of sp³-hybridized carbons (Fsp3) is 0.846. The summed E-state index contributed by atoms with van der Waals surface area (Å²) in [4.78, 5) is 18.0. The average molecular weight is 308 g/mol. The molecule has 0 radical (unpaired) electrons. The maximum absolute atomic E-state index is 9.09. The Balaban J connectivity index is 0.000000421. The molecule has 124 valence electrons. The first kappa shape index (κ1) is 19.8. The molecule has 8 heteroatoms. The van der Waals surface area contributed by atoms with Gasteiger partial charge in [-0.1, -0.05) is 0 Å². The van der Waals surface area contributed by atoms with Crippen LogP contribution in [0.1, 0.15) is 26.7 Å². The molecular formula is C13H24O8. The first-order valence-electron chi connectivity index (χ1n) is 6.65. The Bertz CT molecular complexity index is 290. The predicted molar refractivity (Wildman–Crippen MR) is 71.6 cm³/mol. The van der Waals surface area contributed by atoms with Crippen LogP contribution in [-0.2, 0) is 19.1 Å². The largest absolute Gasteiger partial charge is 0.481 e. The van der Waals surface area contributed by atoms with E-state index in [9.17, 15) is 0 Å². The van der Waals surface area contributed by atoms with Gasteiger partial charge >= 0.3 is 0 Å². The van der Waals surface area contributed by atoms with Crippen LogP contribution in [0.25, 0.3) is 0 Å². The highest BCUT2D eigenvalue weighted by Gasteiger charge is 2.48. The second-order valence-electron chi connectivity index (χ2n) is 4.94. The molecule has 0 aromatic rings. The Hall–Kier alpha value is -1.22. The molecular weight excluding hydrogens is 284 g/mol. The van der Waals surface area contributed by atoms with Crippen LogP contribution in [-0.4, -0.2) is 64.6 Å². The van der Waals surface area contributed by atoms with E-state index in [4.69, 9.17) is 39.5 Å². The smallest absolute Gasteiger partial charge is 0.300 e. The Morgan fingerprint density at radius 3 is 1.48 bits per heavy atom. The summed E-state index contributed by atoms with van der Waals surface area (Å²) in [6.07, 6.45) is 1.43. The van der Waals surface area contributed by atoms with Crippen LogP contribution in [0.15, 0.2) is 0 Å². The van der Waals surface area contributed by atoms with Crippen molar-refractivity contribution in [2.45, 2.75) is 32.5 Å². The number of carbonyl (C=O) groups is 2. The molecule has 2 rings (SSSR count). The van der Waals surface area contributed by atoms with Crippen LogP contribution in [0.2, 0.25) is 0 Å². The third kappa shape index (κ3) is 7.96. The molecule has 0 amide bonds. The zero-order chi connectivity index (χ0) is 16.5. The first-order valence-corrected chi connectivity index (χ1v) is 6.65. The molecule has 2 atom stereocenters. The van der Waals surface area contributed by atoms with Gasteiger partial charge < -0.3 is 29.9 Å². The van der Waals surface area contributed by atoms with E-state index in [1.807, 2.05) is 0 Å². The summed E-state index contributed by atoms with van der Waals surface area (Å²) in [7, 11) is 0. The van der Waals surface area contributed by atoms with E-state index >= 15 is 0 Å². The number of rotatable bonds is 2. The standard InChI is InChI=1S/C9H16O4.2C2H4O2/c10-5-7-3-9(4-8(7)6-11)12-1-2-13-9;2*1-2(3)4/h7-8,10-11H,1-6H2;2*1H3,(H,3,4)/t7-,8+;;. The molecule has 2 aliphatic rings. The normalized spacial score (nSPS) is 25.5. The Morgan fingerprint density at radius 2 is 1.24 bits per heavy atom. The van der Waals surface area contributed by atoms with Crippen molar-refractivity contribution in [2.75, 3.05) is 26.4 Å². The summed E-state index contributed by atoms with van der Waals surface area (Å²) in [5.41, 5.74) is 0. The van der Waals surface area contributed by atoms with Gasteiger partial charge in [0.2, 0.25) is 0 Å². The summed E-state index contributed by atoms with van der Waals surface area (Å²) in [6, 6.07) is 0. The van der Waals surface area contributed by atoms with Gasteiger partial charge in [-0.3, -0.25) is 9.59 Å². The zero-order valence-electron chi connectivity index (χ0n) is 12.3. The van der Waals surface area contributed by atoms with Crippen molar-refractivity contribution in [2.24, 2.45) is 11.8 Å². The van der Waals surface area contributed by atoms with Gasteiger partial charge in [0.05, 0.1) is 13.2 Å². The van der Waals surface area contributed by atoms with E-state index in [0.29, 0.717) is 26.1 Å². The van der Waals surface area contributed by atoms with E-state index in [2.05, 4.69) is 0 Å². The second kappa shape index (κ2) is 9.67. The molecule has 1 saturated carbocycles. The fourth-order valence-electron chi connectivity index (χ4n) is 2.38. The topological polar surface area (TPSA) is 134 Å². The van der Waals surface area contributed by atoms with Crippen molar-refractivity contribution in [3.05, 3.63) is 0 Å². The highest BCUT2D eigenvalue weighted by molar-refractivity contribution is 5.63. The van der Waals surface area contributed by atoms with Gasteiger partial charge in [0.25, 0.3) is 11.9 Å². The second-order valence-corrected chi connectivity index (χ2v) is 4.94. The van der Waals surface area contributed by atoms with E-state index in [1.165, 1.54) is 0 Å². The average Bonchev–Trinajstić information content (AvgIpc) is 2.95. The van der Waals surface area contributed by atoms with E-state index in [0.717, 1.165) is 13.8 Å². The third-order valence-corrected chi connectivity index (χ3v) is 3.10. The van der Waals surface area contributed by atoms with E-state index < -0.39 is 17.7 Å². The van der Waals surface area contributed by atoms with Crippen LogP contribution in [0.3, 0.4) is 0 Å². The minimum atomic E-state index is -0.833. The third-order valence-electron chi connectivity index (χ3n) is 3.10. The van der Waals surface area contributed by atoms with Crippen molar-refractivity contribution in [1.29, 1.82) is 0 Å². The lowest BCUT2D eigenvalue weighted by Crippen LogP contribution is -2.26. The van der Waals surface area contributed by atoms with Gasteiger partial charge in [-0.25, -0.2) is 0 Å². The molecule has 1 spiro atoms. The summed E-state index contributed by atoms with van der Waals surface area (Å²) < 4.78 is 11.0. The molecule has 1 heterocycles. The summed E-state index contributed by atoms with van der Waals surface area (Å²) in [6.45, 7) is 3.66. The molecule has 8 nitrogen and oxygen atoms in total. The van der Waals surface area contributed by atoms with Crippen LogP contribution >= 0.6 is 0 Å². The number of hydrogen-bond acceptors (Lipinski definition) is 6. The molecule has 1 saturated heterocycles. The van der Waals surface area contributed by atoms with Gasteiger partial charge in [-0.05, 0) is 11.8 Å². The zero-order valence-corrected chi connectivity index (χ0v) is 12.3. The summed E-state index contributed by atoms with van der Waals surface area (Å²) in [5.74, 6) is -1.90. The Labute approximate surface area is 123 Å². The number of carboxylic acids is 2. The lowest BCUT2D eigenvalue weighted by Gasteiger charge is -2.21. The number of hydrogen-bond donors (Lipinski definition) is 4. The van der Waals surface area contributed by atoms with Crippen molar-refractivity contribution < 1.29 is 39.5 Å². The van der Waals surface area contributed by atoms with Gasteiger partial charge in [0.15, 0.2) is 5.79 Å². The van der Waals surface area contributed by atoms with Crippen LogP contribution in [0, 0.1) is 11.8 Å². The number of aliphatic hydroxyl groups is 2. The Kier molecular flexibility index (Phi) is 9.11. The lowest BCUT2D eigenvalue weighted by molar-refractivity contribution is -0.155. The highest BCUT2D eigenvalue weighted by atomic mass is 16.7. The van der Waals surface area contributed by atoms with Crippen LogP contribution in [0.4, 0.5) is 0 Å². The van der Waals surface area contributed by atoms with Gasteiger partial charge in [-0.15, -0.1) is 0 Å². The molecule has 1 aliphatic heterocycles. The number of ether oxygens (including phenoxy) is 2. The van der Waals surface area contributed by atoms with Crippen molar-refractivity contribution in [3.8, 4) is 0 Å². The summed E-state index contributed by atoms with van der Waals surface area (Å²) in [5, 5.41) is 33.0. The van der Waals surface area contributed by atoms with Gasteiger partial charge in [0, 0.05) is 39.9 Å². The SMILES string of the molecule is CC(=O)O.CC(=O)O.OC[C@@H]1CC2(C[C@@H]1CO)OCCO2. The van der Waals surface area contributed by atoms with Crippen molar-refractivity contribution in [1.82, 2.24) is 0 Å². The quantitative estimate of drug-likeness (QED) is 0.556. The van der Waals surface area contributed by atoms with Crippen LogP contribution in [0.5, 0.6) is 0 Å². The van der Waals surface area contributed by atoms with Gasteiger partial charge in [-0.2, -0.15) is 0 Å². The number of carboxylic acid groups (broad SMARTS) is 2. The summed E-state index contributed by atoms with van der Waals surface area (Å²) >= 11 is 0. The maximum atomic E-state index is 9.09. The van der Waals surface area contributed by atoms with Crippen LogP contribution < -0.4 is 0 Å². The first-order chi connectivity index (χ1) is 9.76. The molecule has 2 fully saturated rings. The Morgan fingerprint density at radius 1 is 0.952 bits per heavy atom. The van der Waals surface area contributed by atoms with E-state index in [-0.39, 0.29) is 25.0 Å². The monoisotopic (exact) mass is 308 g/mol. The number of aliphatic hydroxyl groups excluding tert-OH is 2. The highest BCUT2D eigenvalue weighted by Crippen LogP contribution is 2.44.